The van der Waals surface area contributed by atoms with Crippen LogP contribution in [0.25, 0.3) is 0 Å². The number of aliphatic hydroxyl groups is 1. The summed E-state index contributed by atoms with van der Waals surface area (Å²) < 4.78 is 56.8. The highest BCUT2D eigenvalue weighted by molar-refractivity contribution is 4.58. The largest absolute Gasteiger partial charge is 0.394 e. The van der Waals surface area contributed by atoms with Crippen molar-refractivity contribution in [1.29, 1.82) is 0 Å². The molecule has 0 aliphatic rings. The molecular formula is C39H80O11. The van der Waals surface area contributed by atoms with Gasteiger partial charge in [0.1, 0.15) is 0 Å². The first-order valence-corrected chi connectivity index (χ1v) is 20.0. The van der Waals surface area contributed by atoms with Crippen LogP contribution in [0.15, 0.2) is 0 Å². The van der Waals surface area contributed by atoms with E-state index in [2.05, 4.69) is 13.8 Å². The van der Waals surface area contributed by atoms with Crippen molar-refractivity contribution in [1.82, 2.24) is 0 Å². The Morgan fingerprint density at radius 1 is 0.320 bits per heavy atom. The second kappa shape index (κ2) is 39.8. The molecule has 0 aromatic carbocycles. The molecule has 11 heteroatoms. The van der Waals surface area contributed by atoms with E-state index >= 15 is 0 Å². The Morgan fingerprint density at radius 3 is 1.04 bits per heavy atom. The van der Waals surface area contributed by atoms with E-state index in [-0.39, 0.29) is 37.1 Å². The van der Waals surface area contributed by atoms with Crippen LogP contribution in [-0.2, 0) is 47.4 Å². The Labute approximate surface area is 307 Å². The summed E-state index contributed by atoms with van der Waals surface area (Å²) >= 11 is 0. The topological polar surface area (TPSA) is 113 Å². The van der Waals surface area contributed by atoms with Crippen molar-refractivity contribution < 1.29 is 52.5 Å². The molecule has 5 atom stereocenters. The van der Waals surface area contributed by atoms with Crippen LogP contribution in [0.5, 0.6) is 0 Å². The molecule has 0 rings (SSSR count). The number of ether oxygens (including phenoxy) is 10. The lowest BCUT2D eigenvalue weighted by molar-refractivity contribution is -0.101. The maximum Gasteiger partial charge on any atom is 0.0781 e. The number of aliphatic hydroxyl groups excluding tert-OH is 1. The summed E-state index contributed by atoms with van der Waals surface area (Å²) in [6, 6.07) is 0. The highest BCUT2D eigenvalue weighted by Gasteiger charge is 2.13. The monoisotopic (exact) mass is 725 g/mol. The smallest absolute Gasteiger partial charge is 0.0781 e. The van der Waals surface area contributed by atoms with Gasteiger partial charge in [0.05, 0.1) is 130 Å². The van der Waals surface area contributed by atoms with Gasteiger partial charge in [0.2, 0.25) is 0 Å². The molecule has 11 nitrogen and oxygen atoms in total. The Bertz CT molecular complexity index is 593. The fraction of sp³-hybridized carbons (Fsp3) is 1.00. The summed E-state index contributed by atoms with van der Waals surface area (Å²) in [6.45, 7) is 20.1. The Kier molecular flexibility index (Phi) is 39.4. The van der Waals surface area contributed by atoms with Crippen molar-refractivity contribution in [3.05, 3.63) is 0 Å². The van der Waals surface area contributed by atoms with E-state index in [1.165, 1.54) is 70.6 Å². The molecule has 0 aromatic rings. The molecule has 0 fully saturated rings. The quantitative estimate of drug-likeness (QED) is 0.0672. The molecular weight excluding hydrogens is 644 g/mol. The number of unbranched alkanes of at least 4 members (excludes halogenated alkanes) is 11. The van der Waals surface area contributed by atoms with Gasteiger partial charge in [-0.05, 0) is 41.0 Å². The van der Waals surface area contributed by atoms with Gasteiger partial charge in [-0.2, -0.15) is 0 Å². The third kappa shape index (κ3) is 38.8. The summed E-state index contributed by atoms with van der Waals surface area (Å²) in [7, 11) is 0. The molecule has 0 radical (unpaired) electrons. The van der Waals surface area contributed by atoms with Crippen LogP contribution in [0.2, 0.25) is 0 Å². The zero-order valence-corrected chi connectivity index (χ0v) is 33.2. The van der Waals surface area contributed by atoms with Crippen molar-refractivity contribution >= 4 is 0 Å². The van der Waals surface area contributed by atoms with Gasteiger partial charge >= 0.3 is 0 Å². The van der Waals surface area contributed by atoms with E-state index in [9.17, 15) is 0 Å². The predicted octanol–water partition coefficient (Wildman–Crippen LogP) is 6.79. The standard InChI is InChI=1S/C39H80O11/c1-7-8-9-10-11-12-13-14-15-16-17-18-20-45-30-35(2)47-32-37(4)49-34-39(6)50-33-38(5)48-31-36(3)46-29-28-44-27-26-43-25-24-42-23-22-41-21-19-40/h35-40H,7-34H2,1-6H3. The minimum atomic E-state index is -0.0505. The lowest BCUT2D eigenvalue weighted by Gasteiger charge is -2.22. The van der Waals surface area contributed by atoms with E-state index in [1.807, 2.05) is 27.7 Å². The maximum absolute atomic E-state index is 8.62. The SMILES string of the molecule is CCCCCCCCCCCCCCOCC(C)OCC(C)OCC(C)OCC(C)OCC(C)OCCOCCOCCOCCOCCO. The van der Waals surface area contributed by atoms with Gasteiger partial charge in [0.15, 0.2) is 0 Å². The van der Waals surface area contributed by atoms with Gasteiger partial charge in [-0.1, -0.05) is 77.6 Å². The highest BCUT2D eigenvalue weighted by Crippen LogP contribution is 2.12. The van der Waals surface area contributed by atoms with Crippen LogP contribution >= 0.6 is 0 Å². The molecule has 0 aromatic heterocycles. The van der Waals surface area contributed by atoms with E-state index in [4.69, 9.17) is 52.5 Å². The van der Waals surface area contributed by atoms with Crippen molar-refractivity contribution in [3.8, 4) is 0 Å². The molecule has 0 aliphatic carbocycles. The molecule has 0 amide bonds. The zero-order valence-electron chi connectivity index (χ0n) is 33.2. The second-order valence-electron chi connectivity index (χ2n) is 13.4. The molecule has 0 saturated carbocycles. The first-order valence-electron chi connectivity index (χ1n) is 20.0. The summed E-state index contributed by atoms with van der Waals surface area (Å²) in [5.74, 6) is 0. The van der Waals surface area contributed by atoms with Crippen LogP contribution in [0, 0.1) is 0 Å². The lowest BCUT2D eigenvalue weighted by atomic mass is 10.1. The predicted molar refractivity (Wildman–Crippen MR) is 199 cm³/mol. The molecule has 0 aliphatic heterocycles. The van der Waals surface area contributed by atoms with Crippen LogP contribution in [0.1, 0.15) is 119 Å². The Balaban J connectivity index is 3.54. The molecule has 5 unspecified atom stereocenters. The van der Waals surface area contributed by atoms with Crippen LogP contribution in [0.3, 0.4) is 0 Å². The third-order valence-corrected chi connectivity index (χ3v) is 7.94. The molecule has 0 saturated heterocycles. The summed E-state index contributed by atoms with van der Waals surface area (Å²) in [5, 5.41) is 8.62. The number of hydrogen-bond donors (Lipinski definition) is 1. The Morgan fingerprint density at radius 2 is 0.640 bits per heavy atom. The molecule has 1 N–H and O–H groups in total. The summed E-state index contributed by atoms with van der Waals surface area (Å²) in [4.78, 5) is 0. The third-order valence-electron chi connectivity index (χ3n) is 7.94. The van der Waals surface area contributed by atoms with Gasteiger partial charge in [-0.25, -0.2) is 0 Å². The van der Waals surface area contributed by atoms with Crippen molar-refractivity contribution in [2.45, 2.75) is 149 Å². The van der Waals surface area contributed by atoms with Gasteiger partial charge in [-0.15, -0.1) is 0 Å². The van der Waals surface area contributed by atoms with E-state index < -0.39 is 0 Å². The van der Waals surface area contributed by atoms with Gasteiger partial charge < -0.3 is 52.5 Å². The van der Waals surface area contributed by atoms with Crippen molar-refractivity contribution in [2.75, 3.05) is 106 Å². The molecule has 50 heavy (non-hydrogen) atoms. The summed E-state index contributed by atoms with van der Waals surface area (Å²) in [6.07, 6.45) is 16.1. The first-order chi connectivity index (χ1) is 24.4. The fourth-order valence-electron chi connectivity index (χ4n) is 4.87. The fourth-order valence-corrected chi connectivity index (χ4v) is 4.87. The average molecular weight is 725 g/mol. The van der Waals surface area contributed by atoms with E-state index in [0.717, 1.165) is 13.0 Å². The van der Waals surface area contributed by atoms with Gasteiger partial charge in [-0.3, -0.25) is 0 Å². The van der Waals surface area contributed by atoms with Crippen LogP contribution in [0.4, 0.5) is 0 Å². The minimum Gasteiger partial charge on any atom is -0.394 e. The molecule has 0 heterocycles. The molecule has 0 bridgehead atoms. The lowest BCUT2D eigenvalue weighted by Crippen LogP contribution is -2.29. The first kappa shape index (κ1) is 49.6. The number of rotatable bonds is 42. The number of hydrogen-bond acceptors (Lipinski definition) is 11. The minimum absolute atomic E-state index is 0.0166. The maximum atomic E-state index is 8.62. The van der Waals surface area contributed by atoms with Crippen molar-refractivity contribution in [3.63, 3.8) is 0 Å². The Hall–Kier alpha value is -0.440. The zero-order chi connectivity index (χ0) is 36.8. The highest BCUT2D eigenvalue weighted by atomic mass is 16.6. The van der Waals surface area contributed by atoms with Gasteiger partial charge in [0.25, 0.3) is 0 Å². The van der Waals surface area contributed by atoms with Crippen LogP contribution in [-0.4, -0.2) is 141 Å². The van der Waals surface area contributed by atoms with Crippen molar-refractivity contribution in [2.24, 2.45) is 0 Å². The summed E-state index contributed by atoms with van der Waals surface area (Å²) in [5.41, 5.74) is 0. The van der Waals surface area contributed by atoms with E-state index in [0.29, 0.717) is 92.5 Å². The van der Waals surface area contributed by atoms with Gasteiger partial charge in [0, 0.05) is 6.61 Å². The average Bonchev–Trinajstić information content (AvgIpc) is 3.11. The molecule has 0 spiro atoms. The van der Waals surface area contributed by atoms with E-state index in [1.54, 1.807) is 0 Å². The second-order valence-corrected chi connectivity index (χ2v) is 13.4. The normalized spacial score (nSPS) is 14.9. The van der Waals surface area contributed by atoms with Crippen LogP contribution < -0.4 is 0 Å². The molecule has 302 valence electrons.